The second kappa shape index (κ2) is 9.24. The molecule has 9 heteroatoms. The lowest BCUT2D eigenvalue weighted by Gasteiger charge is -1.97. The molecule has 0 aliphatic heterocycles. The molecular formula is C15H16BrN5O2S. The Bertz CT molecular complexity index is 730. The zero-order valence-electron chi connectivity index (χ0n) is 13.0. The fraction of sp³-hybridized carbons (Fsp3) is 0.267. The highest BCUT2D eigenvalue weighted by molar-refractivity contribution is 9.10. The smallest absolute Gasteiger partial charge is 0.247 e. The zero-order chi connectivity index (χ0) is 17.4. The maximum atomic E-state index is 11.8. The number of benzene rings is 1. The lowest BCUT2D eigenvalue weighted by molar-refractivity contribution is -0.120. The van der Waals surface area contributed by atoms with Crippen molar-refractivity contribution < 1.29 is 9.59 Å². The highest BCUT2D eigenvalue weighted by Gasteiger charge is 2.10. The molecule has 0 fully saturated rings. The number of hydrogen-bond donors (Lipinski definition) is 2. The third-order valence-corrected chi connectivity index (χ3v) is 4.14. The minimum Gasteiger partial charge on any atom is -0.301 e. The third kappa shape index (κ3) is 6.17. The van der Waals surface area contributed by atoms with Crippen LogP contribution in [0.15, 0.2) is 33.8 Å². The summed E-state index contributed by atoms with van der Waals surface area (Å²) in [6.45, 7) is 1.92. The van der Waals surface area contributed by atoms with Crippen molar-refractivity contribution in [1.82, 2.24) is 15.6 Å². The Balaban J connectivity index is 1.81. The molecule has 0 atom stereocenters. The van der Waals surface area contributed by atoms with Crippen LogP contribution in [-0.4, -0.2) is 28.2 Å². The summed E-state index contributed by atoms with van der Waals surface area (Å²) in [6, 6.07) is 7.52. The van der Waals surface area contributed by atoms with Crippen LogP contribution < -0.4 is 10.7 Å². The van der Waals surface area contributed by atoms with Gasteiger partial charge < -0.3 is 5.32 Å². The molecule has 0 saturated heterocycles. The van der Waals surface area contributed by atoms with E-state index in [1.165, 1.54) is 11.3 Å². The average Bonchev–Trinajstić information content (AvgIpc) is 2.96. The summed E-state index contributed by atoms with van der Waals surface area (Å²) in [5, 5.41) is 15.2. The Labute approximate surface area is 151 Å². The van der Waals surface area contributed by atoms with Crippen molar-refractivity contribution >= 4 is 50.4 Å². The topological polar surface area (TPSA) is 96.3 Å². The number of hydrogen-bond acceptors (Lipinski definition) is 6. The molecule has 0 unspecified atom stereocenters. The van der Waals surface area contributed by atoms with Gasteiger partial charge in [0.2, 0.25) is 16.9 Å². The lowest BCUT2D eigenvalue weighted by Crippen LogP contribution is -2.19. The van der Waals surface area contributed by atoms with E-state index in [9.17, 15) is 9.59 Å². The molecule has 1 aromatic carbocycles. The number of aromatic nitrogens is 2. The van der Waals surface area contributed by atoms with Gasteiger partial charge in [-0.15, -0.1) is 10.2 Å². The Morgan fingerprint density at radius 1 is 1.25 bits per heavy atom. The minimum atomic E-state index is -0.300. The first kappa shape index (κ1) is 18.2. The van der Waals surface area contributed by atoms with Crippen molar-refractivity contribution in [3.8, 4) is 0 Å². The number of anilines is 1. The van der Waals surface area contributed by atoms with Crippen LogP contribution in [0.2, 0.25) is 0 Å². The number of halogens is 1. The summed E-state index contributed by atoms with van der Waals surface area (Å²) < 4.78 is 0.974. The highest BCUT2D eigenvalue weighted by atomic mass is 79.9. The number of amides is 2. The molecule has 1 aromatic heterocycles. The first-order chi connectivity index (χ1) is 11.6. The molecule has 2 N–H and O–H groups in total. The predicted molar refractivity (Wildman–Crippen MR) is 97.0 cm³/mol. The van der Waals surface area contributed by atoms with E-state index in [-0.39, 0.29) is 18.2 Å². The summed E-state index contributed by atoms with van der Waals surface area (Å²) in [5.41, 5.74) is 3.31. The van der Waals surface area contributed by atoms with Gasteiger partial charge in [-0.1, -0.05) is 46.3 Å². The summed E-state index contributed by atoms with van der Waals surface area (Å²) in [6.07, 6.45) is 2.80. The molecule has 126 valence electrons. The molecule has 0 aliphatic carbocycles. The number of nitrogens with zero attached hydrogens (tertiary/aromatic N) is 3. The molecule has 0 radical (unpaired) electrons. The molecule has 2 amide bonds. The van der Waals surface area contributed by atoms with Crippen LogP contribution in [-0.2, 0) is 16.0 Å². The SMILES string of the molecule is CCCC(=O)Nc1nnc(CC(=O)NN=Cc2ccc(Br)cc2)s1. The standard InChI is InChI=1S/C15H16BrN5O2S/c1-2-3-12(22)18-15-21-20-14(24-15)8-13(23)19-17-9-10-4-6-11(16)7-5-10/h4-7,9H,2-3,8H2,1H3,(H,19,23)(H,18,21,22). The fourth-order valence-electron chi connectivity index (χ4n) is 1.69. The van der Waals surface area contributed by atoms with E-state index in [1.54, 1.807) is 6.21 Å². The quantitative estimate of drug-likeness (QED) is 0.542. The van der Waals surface area contributed by atoms with Crippen molar-refractivity contribution in [2.75, 3.05) is 5.32 Å². The van der Waals surface area contributed by atoms with Crippen LogP contribution in [0.3, 0.4) is 0 Å². The molecule has 0 spiro atoms. The second-order valence-electron chi connectivity index (χ2n) is 4.82. The average molecular weight is 410 g/mol. The number of rotatable bonds is 7. The second-order valence-corrected chi connectivity index (χ2v) is 6.80. The summed E-state index contributed by atoms with van der Waals surface area (Å²) in [7, 11) is 0. The van der Waals surface area contributed by atoms with Crippen molar-refractivity contribution in [2.45, 2.75) is 26.2 Å². The highest BCUT2D eigenvalue weighted by Crippen LogP contribution is 2.16. The maximum absolute atomic E-state index is 11.8. The van der Waals surface area contributed by atoms with E-state index in [4.69, 9.17) is 0 Å². The molecule has 2 aromatic rings. The normalized spacial score (nSPS) is 10.8. The molecule has 1 heterocycles. The van der Waals surface area contributed by atoms with Crippen LogP contribution >= 0.6 is 27.3 Å². The van der Waals surface area contributed by atoms with E-state index in [0.29, 0.717) is 16.6 Å². The van der Waals surface area contributed by atoms with Gasteiger partial charge >= 0.3 is 0 Å². The van der Waals surface area contributed by atoms with Gasteiger partial charge in [0, 0.05) is 10.9 Å². The van der Waals surface area contributed by atoms with E-state index < -0.39 is 0 Å². The lowest BCUT2D eigenvalue weighted by atomic mass is 10.2. The van der Waals surface area contributed by atoms with Crippen molar-refractivity contribution in [3.05, 3.63) is 39.3 Å². The fourth-order valence-corrected chi connectivity index (χ4v) is 2.71. The minimum absolute atomic E-state index is 0.0546. The molecular weight excluding hydrogens is 394 g/mol. The van der Waals surface area contributed by atoms with E-state index >= 15 is 0 Å². The molecule has 0 aliphatic rings. The summed E-state index contributed by atoms with van der Waals surface area (Å²) >= 11 is 4.52. The summed E-state index contributed by atoms with van der Waals surface area (Å²) in [5.74, 6) is -0.408. The largest absolute Gasteiger partial charge is 0.301 e. The van der Waals surface area contributed by atoms with E-state index in [2.05, 4.69) is 42.0 Å². The summed E-state index contributed by atoms with van der Waals surface area (Å²) in [4.78, 5) is 23.3. The first-order valence-corrected chi connectivity index (χ1v) is 8.87. The number of carbonyl (C=O) groups excluding carboxylic acids is 2. The Hall–Kier alpha value is -2.13. The molecule has 24 heavy (non-hydrogen) atoms. The van der Waals surface area contributed by atoms with Gasteiger partial charge in [0.15, 0.2) is 0 Å². The Morgan fingerprint density at radius 2 is 2.00 bits per heavy atom. The van der Waals surface area contributed by atoms with Crippen LogP contribution in [0.25, 0.3) is 0 Å². The number of carbonyl (C=O) groups is 2. The van der Waals surface area contributed by atoms with Crippen molar-refractivity contribution in [1.29, 1.82) is 0 Å². The number of hydrazone groups is 1. The van der Waals surface area contributed by atoms with Crippen LogP contribution in [0.4, 0.5) is 5.13 Å². The van der Waals surface area contributed by atoms with Crippen LogP contribution in [0, 0.1) is 0 Å². The molecule has 0 saturated carbocycles. The van der Waals surface area contributed by atoms with Crippen LogP contribution in [0.1, 0.15) is 30.3 Å². The van der Waals surface area contributed by atoms with E-state index in [0.717, 1.165) is 16.5 Å². The van der Waals surface area contributed by atoms with E-state index in [1.807, 2.05) is 31.2 Å². The van der Waals surface area contributed by atoms with Gasteiger partial charge in [0.25, 0.3) is 0 Å². The predicted octanol–water partition coefficient (Wildman–Crippen LogP) is 2.73. The maximum Gasteiger partial charge on any atom is 0.247 e. The Kier molecular flexibility index (Phi) is 7.01. The van der Waals surface area contributed by atoms with Gasteiger partial charge in [-0.25, -0.2) is 5.43 Å². The van der Waals surface area contributed by atoms with Gasteiger partial charge in [0.1, 0.15) is 5.01 Å². The van der Waals surface area contributed by atoms with Crippen molar-refractivity contribution in [3.63, 3.8) is 0 Å². The zero-order valence-corrected chi connectivity index (χ0v) is 15.4. The molecule has 2 rings (SSSR count). The van der Waals surface area contributed by atoms with Gasteiger partial charge in [-0.2, -0.15) is 5.10 Å². The van der Waals surface area contributed by atoms with Crippen LogP contribution in [0.5, 0.6) is 0 Å². The Morgan fingerprint density at radius 3 is 2.71 bits per heavy atom. The van der Waals surface area contributed by atoms with Gasteiger partial charge in [0.05, 0.1) is 12.6 Å². The molecule has 0 bridgehead atoms. The van der Waals surface area contributed by atoms with Gasteiger partial charge in [-0.05, 0) is 24.1 Å². The van der Waals surface area contributed by atoms with Crippen molar-refractivity contribution in [2.24, 2.45) is 5.10 Å². The van der Waals surface area contributed by atoms with Gasteiger partial charge in [-0.3, -0.25) is 9.59 Å². The third-order valence-electron chi connectivity index (χ3n) is 2.77. The monoisotopic (exact) mass is 409 g/mol. The molecule has 7 nitrogen and oxygen atoms in total. The first-order valence-electron chi connectivity index (χ1n) is 7.26. The number of nitrogens with one attached hydrogen (secondary N) is 2.